The Morgan fingerprint density at radius 1 is 1.11 bits per heavy atom. The predicted octanol–water partition coefficient (Wildman–Crippen LogP) is -5.32. The van der Waals surface area contributed by atoms with Crippen LogP contribution < -0.4 is 75.4 Å². The Bertz CT molecular complexity index is 65.3. The van der Waals surface area contributed by atoms with E-state index < -0.39 is 10.1 Å². The minimum atomic E-state index is -1.97. The molecule has 0 atom stereocenters. The minimum Gasteiger partial charge on any atom is -1.00 e. The van der Waals surface area contributed by atoms with Crippen LogP contribution in [0.2, 0.25) is 0 Å². The van der Waals surface area contributed by atoms with Crippen LogP contribution >= 0.6 is 34.8 Å². The second-order valence-electron chi connectivity index (χ2n) is 0.915. The number of halogens is 4. The van der Waals surface area contributed by atoms with Crippen molar-refractivity contribution in [2.45, 2.75) is 10.1 Å². The first-order chi connectivity index (χ1) is 2.94. The van der Waals surface area contributed by atoms with Crippen LogP contribution in [0.3, 0.4) is 0 Å². The van der Waals surface area contributed by atoms with Crippen molar-refractivity contribution in [3.63, 3.8) is 0 Å². The van der Waals surface area contributed by atoms with Gasteiger partial charge >= 0.3 is 51.4 Å². The van der Waals surface area contributed by atoms with E-state index in [-0.39, 0.29) is 75.4 Å². The monoisotopic (exact) mass is 330 g/mol. The molecule has 0 radical (unpaired) electrons. The number of alkyl halides is 3. The second-order valence-corrected chi connectivity index (χ2v) is 3.28. The molecular weight excluding hydrogens is 328 g/mol. The van der Waals surface area contributed by atoms with Crippen molar-refractivity contribution in [2.24, 2.45) is 0 Å². The number of aliphatic hydroxyl groups excluding tert-OH is 1. The van der Waals surface area contributed by atoms with Crippen LogP contribution in [-0.2, 0) is 0 Å². The summed E-state index contributed by atoms with van der Waals surface area (Å²) in [6.45, 7) is 0. The number of hydrogen-bond acceptors (Lipinski definition) is 2. The van der Waals surface area contributed by atoms with Crippen molar-refractivity contribution >= 4 is 34.8 Å². The molecule has 0 fully saturated rings. The summed E-state index contributed by atoms with van der Waals surface area (Å²) in [6, 6.07) is 0. The molecule has 0 saturated heterocycles. The molecule has 0 heterocycles. The molecule has 0 spiro atoms. The molecule has 0 aliphatic carbocycles. The van der Waals surface area contributed by atoms with E-state index >= 15 is 0 Å². The molecule has 0 unspecified atom stereocenters. The molecule has 0 rings (SSSR count). The predicted molar refractivity (Wildman–Crippen MR) is 28.5 cm³/mol. The molecular formula is C2H3Cl3IKO2. The van der Waals surface area contributed by atoms with E-state index in [0.29, 0.717) is 0 Å². The fraction of sp³-hybridized carbons (Fsp3) is 1.00. The Kier molecular flexibility index (Phi) is 15.6. The van der Waals surface area contributed by atoms with Crippen LogP contribution in [-0.4, -0.2) is 20.3 Å². The fourth-order valence-corrected chi connectivity index (χ4v) is 0. The number of rotatable bonds is 0. The van der Waals surface area contributed by atoms with Gasteiger partial charge in [0.2, 0.25) is 3.79 Å². The van der Waals surface area contributed by atoms with Crippen molar-refractivity contribution in [3.05, 3.63) is 0 Å². The number of aliphatic hydroxyl groups is 2. The van der Waals surface area contributed by atoms with Gasteiger partial charge in [0.15, 0.2) is 6.29 Å². The van der Waals surface area contributed by atoms with E-state index in [1.54, 1.807) is 0 Å². The Morgan fingerprint density at radius 2 is 1.22 bits per heavy atom. The largest absolute Gasteiger partial charge is 1.00 e. The van der Waals surface area contributed by atoms with Crippen molar-refractivity contribution < 1.29 is 85.6 Å². The summed E-state index contributed by atoms with van der Waals surface area (Å²) in [5.41, 5.74) is 0. The first-order valence-corrected chi connectivity index (χ1v) is 2.51. The van der Waals surface area contributed by atoms with Crippen LogP contribution in [0.1, 0.15) is 0 Å². The SMILES string of the molecule is OC(O)C(Cl)(Cl)Cl.[I-].[K+]. The van der Waals surface area contributed by atoms with Gasteiger partial charge in [-0.25, -0.2) is 0 Å². The maximum atomic E-state index is 8.05. The van der Waals surface area contributed by atoms with Crippen LogP contribution in [0.25, 0.3) is 0 Å². The van der Waals surface area contributed by atoms with Crippen molar-refractivity contribution in [3.8, 4) is 0 Å². The second kappa shape index (κ2) is 7.79. The van der Waals surface area contributed by atoms with Gasteiger partial charge in [-0.3, -0.25) is 0 Å². The topological polar surface area (TPSA) is 40.5 Å². The van der Waals surface area contributed by atoms with Gasteiger partial charge in [-0.15, -0.1) is 0 Å². The van der Waals surface area contributed by atoms with E-state index in [0.717, 1.165) is 0 Å². The molecule has 0 aromatic carbocycles. The van der Waals surface area contributed by atoms with Crippen LogP contribution in [0, 0.1) is 0 Å². The third-order valence-electron chi connectivity index (χ3n) is 0.293. The zero-order chi connectivity index (χ0) is 6.08. The Balaban J connectivity index is -0.000000180. The van der Waals surface area contributed by atoms with Crippen molar-refractivity contribution in [2.75, 3.05) is 0 Å². The molecule has 0 aliphatic rings. The third kappa shape index (κ3) is 11.2. The van der Waals surface area contributed by atoms with Gasteiger partial charge in [-0.2, -0.15) is 0 Å². The van der Waals surface area contributed by atoms with E-state index in [9.17, 15) is 0 Å². The maximum Gasteiger partial charge on any atom is 1.00 e. The smallest absolute Gasteiger partial charge is 1.00 e. The van der Waals surface area contributed by atoms with Crippen molar-refractivity contribution in [1.82, 2.24) is 0 Å². The van der Waals surface area contributed by atoms with E-state index in [1.165, 1.54) is 0 Å². The molecule has 9 heavy (non-hydrogen) atoms. The summed E-state index contributed by atoms with van der Waals surface area (Å²) in [5.74, 6) is 0. The number of hydrogen-bond donors (Lipinski definition) is 2. The van der Waals surface area contributed by atoms with Crippen LogP contribution in [0.15, 0.2) is 0 Å². The van der Waals surface area contributed by atoms with E-state index in [2.05, 4.69) is 0 Å². The summed E-state index contributed by atoms with van der Waals surface area (Å²) >= 11 is 14.7. The van der Waals surface area contributed by atoms with Gasteiger partial charge in [0.1, 0.15) is 0 Å². The summed E-state index contributed by atoms with van der Waals surface area (Å²) < 4.78 is -1.97. The average Bonchev–Trinajstić information content (AvgIpc) is 1.31. The van der Waals surface area contributed by atoms with Gasteiger partial charge in [-0.05, 0) is 0 Å². The third-order valence-corrected chi connectivity index (χ3v) is 0.878. The zero-order valence-electron chi connectivity index (χ0n) is 4.48. The molecule has 0 aromatic rings. The quantitative estimate of drug-likeness (QED) is 0.201. The standard InChI is InChI=1S/C2H3Cl3O2.HI.K/c3-2(4,5)1(6)7;;/h1,6-7H;1H;/q;;+1/p-1. The summed E-state index contributed by atoms with van der Waals surface area (Å²) in [7, 11) is 0. The summed E-state index contributed by atoms with van der Waals surface area (Å²) in [5, 5.41) is 16.1. The summed E-state index contributed by atoms with van der Waals surface area (Å²) in [4.78, 5) is 0. The Morgan fingerprint density at radius 3 is 1.22 bits per heavy atom. The zero-order valence-corrected chi connectivity index (χ0v) is 12.0. The maximum absolute atomic E-state index is 8.05. The molecule has 0 aromatic heterocycles. The first-order valence-electron chi connectivity index (χ1n) is 1.37. The van der Waals surface area contributed by atoms with Crippen LogP contribution in [0.5, 0.6) is 0 Å². The molecule has 0 bridgehead atoms. The van der Waals surface area contributed by atoms with E-state index in [1.807, 2.05) is 0 Å². The average molecular weight is 331 g/mol. The fourth-order valence-electron chi connectivity index (χ4n) is 0. The Labute approximate surface area is 128 Å². The van der Waals surface area contributed by atoms with Crippen molar-refractivity contribution in [1.29, 1.82) is 0 Å². The van der Waals surface area contributed by atoms with Crippen LogP contribution in [0.4, 0.5) is 0 Å². The molecule has 52 valence electrons. The molecule has 0 saturated carbocycles. The van der Waals surface area contributed by atoms with Gasteiger partial charge in [-0.1, -0.05) is 34.8 Å². The van der Waals surface area contributed by atoms with Gasteiger partial charge in [0.05, 0.1) is 0 Å². The molecule has 2 nitrogen and oxygen atoms in total. The van der Waals surface area contributed by atoms with Gasteiger partial charge < -0.3 is 34.2 Å². The first kappa shape index (κ1) is 18.0. The van der Waals surface area contributed by atoms with E-state index in [4.69, 9.17) is 45.0 Å². The molecule has 2 N–H and O–H groups in total. The minimum absolute atomic E-state index is 0. The Hall–Kier alpha value is 3.16. The summed E-state index contributed by atoms with van der Waals surface area (Å²) in [6.07, 6.45) is -1.91. The molecule has 7 heteroatoms. The van der Waals surface area contributed by atoms with Gasteiger partial charge in [0.25, 0.3) is 0 Å². The van der Waals surface area contributed by atoms with Gasteiger partial charge in [0, 0.05) is 0 Å². The molecule has 0 amide bonds. The normalized spacial score (nSPS) is 10.0. The molecule has 0 aliphatic heterocycles.